The summed E-state index contributed by atoms with van der Waals surface area (Å²) in [6.45, 7) is 4.08. The summed E-state index contributed by atoms with van der Waals surface area (Å²) >= 11 is 0. The number of anilines is 1. The number of rotatable bonds is 8. The lowest BCUT2D eigenvalue weighted by Crippen LogP contribution is -2.53. The predicted octanol–water partition coefficient (Wildman–Crippen LogP) is 5.95. The lowest BCUT2D eigenvalue weighted by molar-refractivity contribution is 0.200. The second kappa shape index (κ2) is 11.0. The Morgan fingerprint density at radius 1 is 0.794 bits per heavy atom. The Morgan fingerprint density at radius 2 is 1.50 bits per heavy atom. The first-order valence-electron chi connectivity index (χ1n) is 12.7. The van der Waals surface area contributed by atoms with Crippen LogP contribution in [0.15, 0.2) is 78.9 Å². The molecule has 1 aliphatic carbocycles. The first kappa shape index (κ1) is 22.8. The van der Waals surface area contributed by atoms with Crippen molar-refractivity contribution in [3.05, 3.63) is 90.0 Å². The molecule has 1 heterocycles. The highest BCUT2D eigenvalue weighted by atomic mass is 16.5. The fourth-order valence-corrected chi connectivity index (χ4v) is 5.43. The van der Waals surface area contributed by atoms with Crippen molar-refractivity contribution >= 4 is 5.69 Å². The Balaban J connectivity index is 1.38. The molecule has 1 atom stereocenters. The fraction of sp³-hybridized carbons (Fsp3) is 0.400. The average molecular weight is 457 g/mol. The molecule has 1 saturated heterocycles. The van der Waals surface area contributed by atoms with Crippen LogP contribution in [0, 0.1) is 0 Å². The molecule has 0 radical (unpaired) electrons. The predicted molar refractivity (Wildman–Crippen MR) is 139 cm³/mol. The second-order valence-electron chi connectivity index (χ2n) is 9.62. The van der Waals surface area contributed by atoms with E-state index in [4.69, 9.17) is 9.47 Å². The number of hydrogen-bond donors (Lipinski definition) is 0. The van der Waals surface area contributed by atoms with Crippen molar-refractivity contribution in [1.82, 2.24) is 4.90 Å². The molecule has 1 unspecified atom stereocenters. The summed E-state index contributed by atoms with van der Waals surface area (Å²) in [6.07, 6.45) is 6.14. The van der Waals surface area contributed by atoms with Gasteiger partial charge in [0.2, 0.25) is 0 Å². The van der Waals surface area contributed by atoms with Crippen molar-refractivity contribution in [1.29, 1.82) is 0 Å². The molecular formula is C30H36N2O2. The molecule has 0 aromatic heterocycles. The van der Waals surface area contributed by atoms with E-state index in [9.17, 15) is 0 Å². The van der Waals surface area contributed by atoms with E-state index in [1.54, 1.807) is 7.11 Å². The monoisotopic (exact) mass is 456 g/mol. The third-order valence-corrected chi connectivity index (χ3v) is 7.20. The van der Waals surface area contributed by atoms with Crippen LogP contribution < -0.4 is 14.4 Å². The first-order valence-corrected chi connectivity index (χ1v) is 12.7. The maximum absolute atomic E-state index is 6.42. The van der Waals surface area contributed by atoms with E-state index >= 15 is 0 Å². The van der Waals surface area contributed by atoms with Crippen molar-refractivity contribution < 1.29 is 9.47 Å². The highest BCUT2D eigenvalue weighted by Crippen LogP contribution is 2.36. The van der Waals surface area contributed by atoms with Crippen LogP contribution in [0.1, 0.15) is 36.8 Å². The molecule has 0 amide bonds. The Kier molecular flexibility index (Phi) is 7.35. The molecule has 34 heavy (non-hydrogen) atoms. The van der Waals surface area contributed by atoms with Gasteiger partial charge in [-0.25, -0.2) is 0 Å². The van der Waals surface area contributed by atoms with E-state index in [1.807, 2.05) is 0 Å². The third kappa shape index (κ3) is 5.56. The van der Waals surface area contributed by atoms with Gasteiger partial charge in [-0.05, 0) is 55.4 Å². The summed E-state index contributed by atoms with van der Waals surface area (Å²) in [7, 11) is 1.73. The minimum Gasteiger partial charge on any atom is -0.493 e. The normalized spacial score (nSPS) is 19.3. The van der Waals surface area contributed by atoms with Gasteiger partial charge in [0, 0.05) is 44.0 Å². The molecule has 3 aromatic carbocycles. The lowest BCUT2D eigenvalue weighted by Gasteiger charge is -2.43. The Morgan fingerprint density at radius 3 is 2.21 bits per heavy atom. The van der Waals surface area contributed by atoms with Crippen LogP contribution >= 0.6 is 0 Å². The molecule has 3 aromatic rings. The Labute approximate surface area is 204 Å². The number of hydrogen-bond acceptors (Lipinski definition) is 4. The van der Waals surface area contributed by atoms with Crippen LogP contribution in [0.25, 0.3) is 0 Å². The Bertz CT molecular complexity index is 1030. The quantitative estimate of drug-likeness (QED) is 0.418. The van der Waals surface area contributed by atoms with Gasteiger partial charge in [-0.3, -0.25) is 4.90 Å². The molecule has 0 bridgehead atoms. The molecule has 2 aliphatic rings. The van der Waals surface area contributed by atoms with Crippen LogP contribution in [0.2, 0.25) is 0 Å². The molecule has 0 N–H and O–H groups in total. The van der Waals surface area contributed by atoms with Gasteiger partial charge in [0.05, 0.1) is 13.2 Å². The highest BCUT2D eigenvalue weighted by molar-refractivity contribution is 5.57. The smallest absolute Gasteiger partial charge is 0.163 e. The zero-order chi connectivity index (χ0) is 23.2. The summed E-state index contributed by atoms with van der Waals surface area (Å²) in [4.78, 5) is 5.17. The maximum Gasteiger partial charge on any atom is 0.163 e. The van der Waals surface area contributed by atoms with E-state index in [0.717, 1.165) is 56.9 Å². The van der Waals surface area contributed by atoms with Gasteiger partial charge in [0.15, 0.2) is 11.5 Å². The van der Waals surface area contributed by atoms with Crippen molar-refractivity contribution in [2.75, 3.05) is 31.6 Å². The summed E-state index contributed by atoms with van der Waals surface area (Å²) in [5.74, 6) is 1.72. The minimum absolute atomic E-state index is 0.312. The van der Waals surface area contributed by atoms with Crippen molar-refractivity contribution in [3.8, 4) is 11.5 Å². The van der Waals surface area contributed by atoms with Crippen molar-refractivity contribution in [3.63, 3.8) is 0 Å². The third-order valence-electron chi connectivity index (χ3n) is 7.20. The van der Waals surface area contributed by atoms with E-state index in [1.165, 1.54) is 29.7 Å². The molecule has 1 aliphatic heterocycles. The van der Waals surface area contributed by atoms with Crippen LogP contribution in [0.5, 0.6) is 11.5 Å². The molecule has 2 fully saturated rings. The minimum atomic E-state index is 0.312. The van der Waals surface area contributed by atoms with Gasteiger partial charge >= 0.3 is 0 Å². The first-order chi connectivity index (χ1) is 16.8. The fourth-order valence-electron chi connectivity index (χ4n) is 5.43. The summed E-state index contributed by atoms with van der Waals surface area (Å²) in [6, 6.07) is 28.6. The highest BCUT2D eigenvalue weighted by Gasteiger charge is 2.28. The van der Waals surface area contributed by atoms with Gasteiger partial charge in [-0.15, -0.1) is 0 Å². The maximum atomic E-state index is 6.42. The lowest BCUT2D eigenvalue weighted by atomic mass is 10.0. The molecule has 4 nitrogen and oxygen atoms in total. The van der Waals surface area contributed by atoms with Gasteiger partial charge in [-0.1, -0.05) is 60.7 Å². The number of ether oxygens (including phenoxy) is 2. The largest absolute Gasteiger partial charge is 0.493 e. The second-order valence-corrected chi connectivity index (χ2v) is 9.62. The van der Waals surface area contributed by atoms with E-state index in [2.05, 4.69) is 88.7 Å². The van der Waals surface area contributed by atoms with Crippen molar-refractivity contribution in [2.45, 2.75) is 50.8 Å². The number of nitrogens with zero attached hydrogens (tertiary/aromatic N) is 2. The molecule has 0 spiro atoms. The zero-order valence-corrected chi connectivity index (χ0v) is 20.2. The van der Waals surface area contributed by atoms with Gasteiger partial charge < -0.3 is 14.4 Å². The Hall–Kier alpha value is -2.98. The van der Waals surface area contributed by atoms with E-state index in [0.29, 0.717) is 12.1 Å². The topological polar surface area (TPSA) is 24.9 Å². The number of benzene rings is 3. The van der Waals surface area contributed by atoms with Crippen LogP contribution in [-0.2, 0) is 13.0 Å². The number of piperazine rings is 1. The number of methoxy groups -OCH3 is 1. The molecule has 4 heteroatoms. The van der Waals surface area contributed by atoms with E-state index in [-0.39, 0.29) is 0 Å². The van der Waals surface area contributed by atoms with Gasteiger partial charge in [0.25, 0.3) is 0 Å². The standard InChI is InChI=1S/C30H36N2O2/c1-33-29-17-16-26(21-30(29)34-28-14-8-9-15-28)32-19-18-31(22-25-12-6-3-7-13-25)23-27(32)20-24-10-4-2-5-11-24/h2-7,10-13,16-17,21,27-28H,8-9,14-15,18-20,22-23H2,1H3. The SMILES string of the molecule is COc1ccc(N2CCN(Cc3ccccc3)CC2Cc2ccccc2)cc1OC1CCCC1. The summed E-state index contributed by atoms with van der Waals surface area (Å²) < 4.78 is 12.1. The molecule has 178 valence electrons. The van der Waals surface area contributed by atoms with Crippen LogP contribution in [0.4, 0.5) is 5.69 Å². The zero-order valence-electron chi connectivity index (χ0n) is 20.2. The van der Waals surface area contributed by atoms with Crippen LogP contribution in [0.3, 0.4) is 0 Å². The average Bonchev–Trinajstić information content (AvgIpc) is 3.39. The van der Waals surface area contributed by atoms with Crippen LogP contribution in [-0.4, -0.2) is 43.8 Å². The molecule has 1 saturated carbocycles. The molecular weight excluding hydrogens is 420 g/mol. The molecule has 5 rings (SSSR count). The van der Waals surface area contributed by atoms with Crippen molar-refractivity contribution in [2.24, 2.45) is 0 Å². The summed E-state index contributed by atoms with van der Waals surface area (Å²) in [5, 5.41) is 0. The van der Waals surface area contributed by atoms with Gasteiger partial charge in [0.1, 0.15) is 0 Å². The van der Waals surface area contributed by atoms with Gasteiger partial charge in [-0.2, -0.15) is 0 Å². The van der Waals surface area contributed by atoms with E-state index < -0.39 is 0 Å². The summed E-state index contributed by atoms with van der Waals surface area (Å²) in [5.41, 5.74) is 4.00.